The van der Waals surface area contributed by atoms with Gasteiger partial charge in [-0.05, 0) is 42.7 Å². The number of hydrogen-bond donors (Lipinski definition) is 0. The normalized spacial score (nSPS) is 14.8. The molecule has 100 valence electrons. The van der Waals surface area contributed by atoms with Crippen LogP contribution in [-0.4, -0.2) is 9.55 Å². The molecule has 20 heavy (non-hydrogen) atoms. The molecule has 1 fully saturated rings. The first kappa shape index (κ1) is 12.0. The topological polar surface area (TPSA) is 17.8 Å². The Balaban J connectivity index is 1.83. The minimum absolute atomic E-state index is 0.640. The average molecular weight is 283 g/mol. The number of imidazole rings is 1. The summed E-state index contributed by atoms with van der Waals surface area (Å²) in [4.78, 5) is 4.82. The lowest BCUT2D eigenvalue weighted by Gasteiger charge is -2.09. The van der Waals surface area contributed by atoms with E-state index in [1.165, 1.54) is 29.7 Å². The van der Waals surface area contributed by atoms with Gasteiger partial charge in [-0.3, -0.25) is 0 Å². The van der Waals surface area contributed by atoms with Gasteiger partial charge in [0.05, 0.1) is 11.0 Å². The van der Waals surface area contributed by atoms with Crippen molar-refractivity contribution in [3.63, 3.8) is 0 Å². The van der Waals surface area contributed by atoms with Gasteiger partial charge in [0.25, 0.3) is 0 Å². The van der Waals surface area contributed by atoms with Gasteiger partial charge < -0.3 is 4.57 Å². The summed E-state index contributed by atoms with van der Waals surface area (Å²) in [5, 5.41) is 0.792. The van der Waals surface area contributed by atoms with Gasteiger partial charge in [0, 0.05) is 17.5 Å². The fourth-order valence-corrected chi connectivity index (χ4v) is 2.94. The summed E-state index contributed by atoms with van der Waals surface area (Å²) in [6.45, 7) is 0.840. The van der Waals surface area contributed by atoms with E-state index in [4.69, 9.17) is 16.6 Å². The predicted octanol–water partition coefficient (Wildman–Crippen LogP) is 4.62. The summed E-state index contributed by atoms with van der Waals surface area (Å²) in [6, 6.07) is 16.5. The highest BCUT2D eigenvalue weighted by Crippen LogP contribution is 2.40. The van der Waals surface area contributed by atoms with Crippen LogP contribution in [0.1, 0.15) is 30.1 Å². The highest BCUT2D eigenvalue weighted by Gasteiger charge is 2.29. The van der Waals surface area contributed by atoms with Crippen LogP contribution in [0, 0.1) is 0 Å². The van der Waals surface area contributed by atoms with Crippen molar-refractivity contribution in [1.82, 2.24) is 9.55 Å². The summed E-state index contributed by atoms with van der Waals surface area (Å²) in [6.07, 6.45) is 2.53. The number of aromatic nitrogens is 2. The maximum atomic E-state index is 6.09. The summed E-state index contributed by atoms with van der Waals surface area (Å²) in [7, 11) is 0. The number of rotatable bonds is 3. The zero-order valence-corrected chi connectivity index (χ0v) is 11.8. The quantitative estimate of drug-likeness (QED) is 0.686. The van der Waals surface area contributed by atoms with E-state index in [0.29, 0.717) is 5.92 Å². The predicted molar refractivity (Wildman–Crippen MR) is 82.3 cm³/mol. The van der Waals surface area contributed by atoms with E-state index < -0.39 is 0 Å². The Bertz CT molecular complexity index is 772. The van der Waals surface area contributed by atoms with Crippen molar-refractivity contribution < 1.29 is 0 Å². The molecule has 3 heteroatoms. The molecular weight excluding hydrogens is 268 g/mol. The molecule has 0 aliphatic heterocycles. The Hall–Kier alpha value is -1.80. The second-order valence-electron chi connectivity index (χ2n) is 5.45. The molecule has 0 N–H and O–H groups in total. The van der Waals surface area contributed by atoms with Crippen LogP contribution in [0.25, 0.3) is 11.0 Å². The van der Waals surface area contributed by atoms with Crippen LogP contribution in [0.5, 0.6) is 0 Å². The molecule has 2 nitrogen and oxygen atoms in total. The van der Waals surface area contributed by atoms with E-state index in [2.05, 4.69) is 34.9 Å². The second-order valence-corrected chi connectivity index (χ2v) is 5.89. The number of hydrogen-bond acceptors (Lipinski definition) is 1. The van der Waals surface area contributed by atoms with Crippen molar-refractivity contribution in [1.29, 1.82) is 0 Å². The van der Waals surface area contributed by atoms with Crippen LogP contribution in [0.2, 0.25) is 5.02 Å². The molecule has 0 saturated heterocycles. The monoisotopic (exact) mass is 282 g/mol. The lowest BCUT2D eigenvalue weighted by Crippen LogP contribution is -2.04. The third-order valence-electron chi connectivity index (χ3n) is 3.86. The van der Waals surface area contributed by atoms with Crippen LogP contribution in [0.4, 0.5) is 0 Å². The van der Waals surface area contributed by atoms with Crippen LogP contribution >= 0.6 is 11.6 Å². The molecule has 1 saturated carbocycles. The van der Waals surface area contributed by atoms with Gasteiger partial charge in [-0.1, -0.05) is 35.9 Å². The number of benzene rings is 2. The van der Waals surface area contributed by atoms with Crippen molar-refractivity contribution in [3.8, 4) is 0 Å². The van der Waals surface area contributed by atoms with E-state index in [1.807, 2.05) is 18.2 Å². The van der Waals surface area contributed by atoms with Gasteiger partial charge in [-0.25, -0.2) is 4.98 Å². The van der Waals surface area contributed by atoms with Crippen LogP contribution in [0.15, 0.2) is 48.5 Å². The molecular formula is C17H15ClN2. The molecule has 1 aliphatic rings. The average Bonchev–Trinajstić information content (AvgIpc) is 3.23. The highest BCUT2D eigenvalue weighted by atomic mass is 35.5. The van der Waals surface area contributed by atoms with E-state index >= 15 is 0 Å². The van der Waals surface area contributed by atoms with E-state index in [9.17, 15) is 0 Å². The number of para-hydroxylation sites is 2. The first-order chi connectivity index (χ1) is 9.81. The summed E-state index contributed by atoms with van der Waals surface area (Å²) < 4.78 is 2.35. The van der Waals surface area contributed by atoms with Gasteiger partial charge in [0.1, 0.15) is 5.82 Å². The van der Waals surface area contributed by atoms with Crippen molar-refractivity contribution in [2.45, 2.75) is 25.3 Å². The highest BCUT2D eigenvalue weighted by molar-refractivity contribution is 6.30. The summed E-state index contributed by atoms with van der Waals surface area (Å²) in [5.74, 6) is 1.87. The zero-order chi connectivity index (χ0) is 13.5. The smallest absolute Gasteiger partial charge is 0.113 e. The maximum Gasteiger partial charge on any atom is 0.113 e. The Morgan fingerprint density at radius 1 is 1.10 bits per heavy atom. The molecule has 2 aromatic carbocycles. The third kappa shape index (κ3) is 2.10. The molecule has 0 unspecified atom stereocenters. The maximum absolute atomic E-state index is 6.09. The first-order valence-electron chi connectivity index (χ1n) is 7.01. The molecule has 0 bridgehead atoms. The molecule has 0 radical (unpaired) electrons. The molecule has 0 spiro atoms. The van der Waals surface area contributed by atoms with E-state index in [-0.39, 0.29) is 0 Å². The Labute approximate surface area is 123 Å². The van der Waals surface area contributed by atoms with Crippen molar-refractivity contribution in [3.05, 3.63) is 64.9 Å². The fraction of sp³-hybridized carbons (Fsp3) is 0.235. The molecule has 3 aromatic rings. The summed E-state index contributed by atoms with van der Waals surface area (Å²) in [5.41, 5.74) is 3.54. The van der Waals surface area contributed by atoms with Crippen molar-refractivity contribution >= 4 is 22.6 Å². The Morgan fingerprint density at radius 3 is 2.75 bits per heavy atom. The summed E-state index contributed by atoms with van der Waals surface area (Å²) >= 11 is 6.09. The molecule has 0 amide bonds. The number of halogens is 1. The minimum atomic E-state index is 0.640. The molecule has 4 rings (SSSR count). The lowest BCUT2D eigenvalue weighted by atomic mass is 10.2. The lowest BCUT2D eigenvalue weighted by molar-refractivity contribution is 0.747. The van der Waals surface area contributed by atoms with Gasteiger partial charge in [-0.2, -0.15) is 0 Å². The molecule has 0 atom stereocenters. The van der Waals surface area contributed by atoms with Crippen LogP contribution < -0.4 is 0 Å². The third-order valence-corrected chi connectivity index (χ3v) is 4.09. The van der Waals surface area contributed by atoms with Gasteiger partial charge in [-0.15, -0.1) is 0 Å². The van der Waals surface area contributed by atoms with Crippen molar-refractivity contribution in [2.24, 2.45) is 0 Å². The number of fused-ring (bicyclic) bond motifs is 1. The number of nitrogens with zero attached hydrogens (tertiary/aromatic N) is 2. The Morgan fingerprint density at radius 2 is 1.95 bits per heavy atom. The Kier molecular flexibility index (Phi) is 2.78. The minimum Gasteiger partial charge on any atom is -0.323 e. The van der Waals surface area contributed by atoms with Crippen molar-refractivity contribution in [2.75, 3.05) is 0 Å². The van der Waals surface area contributed by atoms with Gasteiger partial charge >= 0.3 is 0 Å². The molecule has 1 heterocycles. The van der Waals surface area contributed by atoms with Crippen LogP contribution in [0.3, 0.4) is 0 Å². The van der Waals surface area contributed by atoms with Crippen LogP contribution in [-0.2, 0) is 6.54 Å². The van der Waals surface area contributed by atoms with E-state index in [0.717, 1.165) is 17.1 Å². The first-order valence-corrected chi connectivity index (χ1v) is 7.39. The van der Waals surface area contributed by atoms with E-state index in [1.54, 1.807) is 0 Å². The fourth-order valence-electron chi connectivity index (χ4n) is 2.73. The standard InChI is InChI=1S/C17H15ClN2/c18-14-5-3-4-12(10-14)11-20-16-7-2-1-6-15(16)19-17(20)13-8-9-13/h1-7,10,13H,8-9,11H2. The zero-order valence-electron chi connectivity index (χ0n) is 11.1. The molecule has 1 aliphatic carbocycles. The van der Waals surface area contributed by atoms with Gasteiger partial charge in [0.2, 0.25) is 0 Å². The van der Waals surface area contributed by atoms with Gasteiger partial charge in [0.15, 0.2) is 0 Å². The molecule has 1 aromatic heterocycles. The SMILES string of the molecule is Clc1cccc(Cn2c(C3CC3)nc3ccccc32)c1. The largest absolute Gasteiger partial charge is 0.323 e. The second kappa shape index (κ2) is 4.64.